The lowest BCUT2D eigenvalue weighted by molar-refractivity contribution is 0.605. The van der Waals surface area contributed by atoms with Gasteiger partial charge in [0.1, 0.15) is 0 Å². The average Bonchev–Trinajstić information content (AvgIpc) is 3.37. The van der Waals surface area contributed by atoms with E-state index in [9.17, 15) is 0 Å². The van der Waals surface area contributed by atoms with E-state index in [1.807, 2.05) is 36.4 Å². The summed E-state index contributed by atoms with van der Waals surface area (Å²) in [4.78, 5) is 7.91. The van der Waals surface area contributed by atoms with E-state index in [0.29, 0.717) is 5.82 Å². The fourth-order valence-corrected chi connectivity index (χ4v) is 4.21. The van der Waals surface area contributed by atoms with Gasteiger partial charge in [-0.15, -0.1) is 25.2 Å². The number of hydrogen-bond acceptors (Lipinski definition) is 7. The monoisotopic (exact) mass is 513 g/mol. The van der Waals surface area contributed by atoms with Gasteiger partial charge in [0.25, 0.3) is 0 Å². The van der Waals surface area contributed by atoms with Crippen molar-refractivity contribution >= 4 is 28.5 Å². The van der Waals surface area contributed by atoms with Crippen LogP contribution in [0.25, 0.3) is 17.1 Å². The van der Waals surface area contributed by atoms with Gasteiger partial charge in [0.15, 0.2) is 11.6 Å². The minimum Gasteiger partial charge on any atom is -0.331 e. The molecule has 0 spiro atoms. The molecule has 0 radical (unpaired) electrons. The molecule has 30 heavy (non-hydrogen) atoms. The van der Waals surface area contributed by atoms with E-state index < -0.39 is 0 Å². The maximum Gasteiger partial charge on any atom is 0.228 e. The summed E-state index contributed by atoms with van der Waals surface area (Å²) in [5.41, 5.74) is 1.91. The molecular formula is C20H20IN9. The Bertz CT molecular complexity index is 1150. The molecule has 0 fully saturated rings. The predicted molar refractivity (Wildman–Crippen MR) is 120 cm³/mol. The first kappa shape index (κ1) is 19.1. The van der Waals surface area contributed by atoms with E-state index in [1.165, 1.54) is 0 Å². The van der Waals surface area contributed by atoms with Crippen molar-refractivity contribution in [2.24, 2.45) is 0 Å². The first-order valence-electron chi connectivity index (χ1n) is 9.87. The molecule has 152 valence electrons. The fraction of sp³-hybridized carbons (Fsp3) is 0.300. The van der Waals surface area contributed by atoms with Crippen LogP contribution in [0.4, 0.5) is 5.95 Å². The smallest absolute Gasteiger partial charge is 0.228 e. The molecule has 4 heterocycles. The van der Waals surface area contributed by atoms with Crippen LogP contribution < -0.4 is 4.90 Å². The SMILES string of the molecule is CC(c1nnn(-c2cccc(I)c2)n1)N1CCCCn2c(-c3ccncc3)nnc21. The number of fused-ring (bicyclic) bond motifs is 1. The van der Waals surface area contributed by atoms with Gasteiger partial charge in [0.2, 0.25) is 5.95 Å². The van der Waals surface area contributed by atoms with Crippen molar-refractivity contribution < 1.29 is 0 Å². The second-order valence-electron chi connectivity index (χ2n) is 7.20. The highest BCUT2D eigenvalue weighted by molar-refractivity contribution is 14.1. The molecule has 10 heteroatoms. The second-order valence-corrected chi connectivity index (χ2v) is 8.45. The molecule has 1 aromatic carbocycles. The van der Waals surface area contributed by atoms with Crippen molar-refractivity contribution in [3.63, 3.8) is 0 Å². The Morgan fingerprint density at radius 1 is 1.00 bits per heavy atom. The van der Waals surface area contributed by atoms with Gasteiger partial charge in [-0.05, 0) is 77.9 Å². The molecule has 1 unspecified atom stereocenters. The number of halogens is 1. The third-order valence-corrected chi connectivity index (χ3v) is 5.94. The summed E-state index contributed by atoms with van der Waals surface area (Å²) in [5, 5.41) is 22.3. The van der Waals surface area contributed by atoms with Crippen LogP contribution in [0.1, 0.15) is 31.6 Å². The van der Waals surface area contributed by atoms with Crippen LogP contribution in [-0.2, 0) is 6.54 Å². The summed E-state index contributed by atoms with van der Waals surface area (Å²) in [5.74, 6) is 2.37. The lowest BCUT2D eigenvalue weighted by Crippen LogP contribution is -2.30. The maximum atomic E-state index is 4.65. The molecule has 0 N–H and O–H groups in total. The predicted octanol–water partition coefficient (Wildman–Crippen LogP) is 3.28. The van der Waals surface area contributed by atoms with E-state index in [2.05, 4.69) is 69.6 Å². The van der Waals surface area contributed by atoms with Gasteiger partial charge in [-0.2, -0.15) is 0 Å². The largest absolute Gasteiger partial charge is 0.331 e. The Kier molecular flexibility index (Phi) is 5.15. The van der Waals surface area contributed by atoms with E-state index in [1.54, 1.807) is 17.2 Å². The first-order valence-corrected chi connectivity index (χ1v) is 10.9. The van der Waals surface area contributed by atoms with E-state index >= 15 is 0 Å². The van der Waals surface area contributed by atoms with Crippen molar-refractivity contribution in [2.45, 2.75) is 32.4 Å². The lowest BCUT2D eigenvalue weighted by Gasteiger charge is -2.26. The van der Waals surface area contributed by atoms with Crippen LogP contribution >= 0.6 is 22.6 Å². The Morgan fingerprint density at radius 2 is 1.83 bits per heavy atom. The zero-order chi connectivity index (χ0) is 20.5. The summed E-state index contributed by atoms with van der Waals surface area (Å²) in [6.45, 7) is 3.84. The Morgan fingerprint density at radius 3 is 2.67 bits per heavy atom. The number of pyridine rings is 1. The molecule has 1 aliphatic rings. The van der Waals surface area contributed by atoms with Crippen LogP contribution in [0.2, 0.25) is 0 Å². The summed E-state index contributed by atoms with van der Waals surface area (Å²) in [6.07, 6.45) is 5.69. The summed E-state index contributed by atoms with van der Waals surface area (Å²) in [6, 6.07) is 11.9. The Labute approximate surface area is 187 Å². The first-order chi connectivity index (χ1) is 14.7. The molecule has 0 bridgehead atoms. The molecule has 1 atom stereocenters. The van der Waals surface area contributed by atoms with Gasteiger partial charge >= 0.3 is 0 Å². The van der Waals surface area contributed by atoms with Crippen molar-refractivity contribution in [3.8, 4) is 17.1 Å². The summed E-state index contributed by atoms with van der Waals surface area (Å²) >= 11 is 2.28. The topological polar surface area (TPSA) is 90.4 Å². The standard InChI is InChI=1S/C20H20IN9/c1-14(18-23-27-30(26-18)17-6-4-5-16(21)13-17)28-11-2-3-12-29-19(24-25-20(28)29)15-7-9-22-10-8-15/h4-10,13-14H,2-3,11-12H2,1H3. The minimum atomic E-state index is -0.0760. The van der Waals surface area contributed by atoms with Crippen molar-refractivity contribution in [3.05, 3.63) is 58.2 Å². The van der Waals surface area contributed by atoms with Gasteiger partial charge in [-0.3, -0.25) is 9.55 Å². The molecule has 9 nitrogen and oxygen atoms in total. The summed E-state index contributed by atoms with van der Waals surface area (Å²) in [7, 11) is 0. The van der Waals surface area contributed by atoms with Gasteiger partial charge < -0.3 is 4.90 Å². The molecule has 0 amide bonds. The molecule has 1 aliphatic heterocycles. The van der Waals surface area contributed by atoms with E-state index in [4.69, 9.17) is 0 Å². The number of benzene rings is 1. The number of aromatic nitrogens is 8. The zero-order valence-corrected chi connectivity index (χ0v) is 18.6. The van der Waals surface area contributed by atoms with Crippen molar-refractivity contribution in [2.75, 3.05) is 11.4 Å². The Hall–Kier alpha value is -2.89. The van der Waals surface area contributed by atoms with Gasteiger partial charge in [0.05, 0.1) is 11.7 Å². The number of anilines is 1. The van der Waals surface area contributed by atoms with Crippen LogP contribution in [-0.4, -0.2) is 46.5 Å². The molecule has 4 aromatic rings. The number of nitrogens with zero attached hydrogens (tertiary/aromatic N) is 9. The molecular weight excluding hydrogens is 493 g/mol. The third-order valence-electron chi connectivity index (χ3n) is 5.27. The molecule has 3 aromatic heterocycles. The van der Waals surface area contributed by atoms with Gasteiger partial charge in [-0.25, -0.2) is 0 Å². The molecule has 5 rings (SSSR count). The number of rotatable bonds is 4. The van der Waals surface area contributed by atoms with Crippen LogP contribution in [0, 0.1) is 3.57 Å². The van der Waals surface area contributed by atoms with Gasteiger partial charge in [0, 0.05) is 34.6 Å². The average molecular weight is 513 g/mol. The zero-order valence-electron chi connectivity index (χ0n) is 16.4. The van der Waals surface area contributed by atoms with E-state index in [-0.39, 0.29) is 6.04 Å². The third kappa shape index (κ3) is 3.55. The highest BCUT2D eigenvalue weighted by atomic mass is 127. The van der Waals surface area contributed by atoms with Crippen LogP contribution in [0.15, 0.2) is 48.8 Å². The minimum absolute atomic E-state index is 0.0760. The van der Waals surface area contributed by atoms with Crippen molar-refractivity contribution in [1.82, 2.24) is 40.0 Å². The number of hydrogen-bond donors (Lipinski definition) is 0. The highest BCUT2D eigenvalue weighted by Gasteiger charge is 2.28. The second kappa shape index (κ2) is 8.09. The highest BCUT2D eigenvalue weighted by Crippen LogP contribution is 2.30. The summed E-state index contributed by atoms with van der Waals surface area (Å²) < 4.78 is 3.31. The van der Waals surface area contributed by atoms with Crippen LogP contribution in [0.5, 0.6) is 0 Å². The molecule has 0 saturated carbocycles. The number of tetrazole rings is 1. The lowest BCUT2D eigenvalue weighted by atomic mass is 10.2. The van der Waals surface area contributed by atoms with Gasteiger partial charge in [-0.1, -0.05) is 6.07 Å². The Balaban J connectivity index is 1.47. The van der Waals surface area contributed by atoms with Crippen molar-refractivity contribution in [1.29, 1.82) is 0 Å². The molecule has 0 saturated heterocycles. The fourth-order valence-electron chi connectivity index (χ4n) is 3.69. The van der Waals surface area contributed by atoms with E-state index in [0.717, 1.165) is 52.5 Å². The quantitative estimate of drug-likeness (QED) is 0.387. The normalized spacial score (nSPS) is 14.9. The molecule has 0 aliphatic carbocycles. The van der Waals surface area contributed by atoms with Crippen LogP contribution in [0.3, 0.4) is 0 Å². The maximum absolute atomic E-state index is 4.65.